The van der Waals surface area contributed by atoms with Gasteiger partial charge in [0.05, 0.1) is 27.1 Å². The van der Waals surface area contributed by atoms with Crippen molar-refractivity contribution < 1.29 is 57.1 Å². The molecule has 0 saturated carbocycles. The second kappa shape index (κ2) is 16.9. The third-order valence-electron chi connectivity index (χ3n) is 7.71. The maximum atomic E-state index is 13.7. The molecule has 1 fully saturated rings. The lowest BCUT2D eigenvalue weighted by Crippen LogP contribution is -2.54. The number of phenols is 2. The van der Waals surface area contributed by atoms with Crippen molar-refractivity contribution in [2.45, 2.75) is 50.8 Å². The van der Waals surface area contributed by atoms with Gasteiger partial charge < -0.3 is 44.5 Å². The van der Waals surface area contributed by atoms with Crippen molar-refractivity contribution in [1.82, 2.24) is 10.2 Å². The molecule has 0 bridgehead atoms. The van der Waals surface area contributed by atoms with Gasteiger partial charge >= 0.3 is 5.97 Å². The highest BCUT2D eigenvalue weighted by Gasteiger charge is 2.39. The smallest absolute Gasteiger partial charge is 0.329 e. The van der Waals surface area contributed by atoms with Crippen molar-refractivity contribution in [3.63, 3.8) is 0 Å². The molecule has 1 aliphatic heterocycles. The molecule has 2 aromatic rings. The standard InChI is InChI=1S/C32H42N2O12S/c1-5-47(41,42)15-12-22(33-30(38)26(37)17-20-10-11-24(35)25(36)16-20)31(39)34-13-6-9-23(34)32(40)46-14-7-8-21-18-28(44-3)29(45-4)19-27(21)43-2/h7-8,10-11,16,18-19,22-23,26,35-37H,5-6,9,12-15,17H2,1-4H3,(H,33,38)/b8-7+. The minimum Gasteiger partial charge on any atom is -0.504 e. The van der Waals surface area contributed by atoms with Gasteiger partial charge in [-0.15, -0.1) is 0 Å². The molecule has 3 atom stereocenters. The first-order chi connectivity index (χ1) is 22.3. The number of carbonyl (C=O) groups is 3. The SMILES string of the molecule is CCS(=O)(=O)CCC(NC(=O)C(O)Cc1ccc(O)c(O)c1)C(=O)N1CCCC1C(=O)OC/C=C/c1cc(OC)c(OC)cc1OC. The second-order valence-corrected chi connectivity index (χ2v) is 13.3. The van der Waals surface area contributed by atoms with Crippen LogP contribution in [0, 0.1) is 0 Å². The Labute approximate surface area is 273 Å². The monoisotopic (exact) mass is 678 g/mol. The Bertz CT molecular complexity index is 1560. The van der Waals surface area contributed by atoms with Gasteiger partial charge in [0.25, 0.3) is 0 Å². The molecule has 3 rings (SSSR count). The first-order valence-corrected chi connectivity index (χ1v) is 16.8. The van der Waals surface area contributed by atoms with Crippen molar-refractivity contribution in [2.75, 3.05) is 46.0 Å². The summed E-state index contributed by atoms with van der Waals surface area (Å²) in [6.45, 7) is 1.52. The van der Waals surface area contributed by atoms with Crippen LogP contribution < -0.4 is 19.5 Å². The third-order valence-corrected chi connectivity index (χ3v) is 9.44. The van der Waals surface area contributed by atoms with Gasteiger partial charge in [0.15, 0.2) is 23.0 Å². The summed E-state index contributed by atoms with van der Waals surface area (Å²) in [7, 11) is 0.976. The number of benzene rings is 2. The first kappa shape index (κ1) is 37.0. The van der Waals surface area contributed by atoms with Gasteiger partial charge in [-0.3, -0.25) is 9.59 Å². The van der Waals surface area contributed by atoms with Gasteiger partial charge in [-0.2, -0.15) is 0 Å². The summed E-state index contributed by atoms with van der Waals surface area (Å²) in [5, 5.41) is 32.2. The number of aromatic hydroxyl groups is 2. The van der Waals surface area contributed by atoms with Gasteiger partial charge in [0, 0.05) is 30.3 Å². The number of phenolic OH excluding ortho intramolecular Hbond substituents is 2. The van der Waals surface area contributed by atoms with Crippen LogP contribution in [0.5, 0.6) is 28.7 Å². The Morgan fingerprint density at radius 2 is 1.70 bits per heavy atom. The zero-order chi connectivity index (χ0) is 34.7. The van der Waals surface area contributed by atoms with Crippen molar-refractivity contribution in [3.8, 4) is 28.7 Å². The zero-order valence-corrected chi connectivity index (χ0v) is 27.6. The molecule has 2 aromatic carbocycles. The Hall–Kier alpha value is -4.50. The quantitative estimate of drug-likeness (QED) is 0.148. The fourth-order valence-corrected chi connectivity index (χ4v) is 5.92. The van der Waals surface area contributed by atoms with Crippen LogP contribution in [0.2, 0.25) is 0 Å². The number of sulfone groups is 1. The van der Waals surface area contributed by atoms with E-state index in [9.17, 15) is 38.1 Å². The highest BCUT2D eigenvalue weighted by Crippen LogP contribution is 2.35. The maximum absolute atomic E-state index is 13.7. The maximum Gasteiger partial charge on any atom is 0.329 e. The van der Waals surface area contributed by atoms with E-state index in [1.807, 2.05) is 0 Å². The van der Waals surface area contributed by atoms with Crippen LogP contribution in [0.1, 0.15) is 37.3 Å². The lowest BCUT2D eigenvalue weighted by Gasteiger charge is -2.28. The third kappa shape index (κ3) is 9.99. The number of ether oxygens (including phenoxy) is 4. The molecule has 1 aliphatic rings. The van der Waals surface area contributed by atoms with E-state index >= 15 is 0 Å². The second-order valence-electron chi connectivity index (χ2n) is 10.8. The molecule has 3 unspecified atom stereocenters. The molecular weight excluding hydrogens is 636 g/mol. The van der Waals surface area contributed by atoms with Gasteiger partial charge in [-0.25, -0.2) is 13.2 Å². The largest absolute Gasteiger partial charge is 0.504 e. The van der Waals surface area contributed by atoms with Crippen LogP contribution in [0.25, 0.3) is 6.08 Å². The van der Waals surface area contributed by atoms with Crippen LogP contribution in [0.15, 0.2) is 36.4 Å². The van der Waals surface area contributed by atoms with Crippen molar-refractivity contribution in [2.24, 2.45) is 0 Å². The summed E-state index contributed by atoms with van der Waals surface area (Å²) >= 11 is 0. The van der Waals surface area contributed by atoms with Crippen LogP contribution in [-0.2, 0) is 35.4 Å². The fraction of sp³-hybridized carbons (Fsp3) is 0.469. The normalized spacial score (nSPS) is 16.0. The van der Waals surface area contributed by atoms with E-state index in [1.54, 1.807) is 24.3 Å². The predicted octanol–water partition coefficient (Wildman–Crippen LogP) is 1.58. The number of esters is 1. The first-order valence-electron chi connectivity index (χ1n) is 15.0. The molecule has 1 heterocycles. The number of likely N-dealkylation sites (tertiary alicyclic amines) is 1. The Morgan fingerprint density at radius 3 is 2.34 bits per heavy atom. The van der Waals surface area contributed by atoms with Crippen LogP contribution in [0.3, 0.4) is 0 Å². The van der Waals surface area contributed by atoms with Gasteiger partial charge in [-0.1, -0.05) is 19.1 Å². The van der Waals surface area contributed by atoms with E-state index in [4.69, 9.17) is 18.9 Å². The van der Waals surface area contributed by atoms with Gasteiger partial charge in [0.2, 0.25) is 11.8 Å². The van der Waals surface area contributed by atoms with E-state index in [0.29, 0.717) is 41.2 Å². The molecule has 258 valence electrons. The number of hydrogen-bond acceptors (Lipinski definition) is 12. The number of nitrogens with one attached hydrogen (secondary N) is 1. The van der Waals surface area contributed by atoms with Gasteiger partial charge in [0.1, 0.15) is 40.4 Å². The molecule has 0 radical (unpaired) electrons. The summed E-state index contributed by atoms with van der Waals surface area (Å²) in [5.41, 5.74) is 0.976. The minimum absolute atomic E-state index is 0.122. The Balaban J connectivity index is 1.69. The van der Waals surface area contributed by atoms with Crippen molar-refractivity contribution in [3.05, 3.63) is 47.5 Å². The van der Waals surface area contributed by atoms with E-state index < -0.39 is 57.3 Å². The summed E-state index contributed by atoms with van der Waals surface area (Å²) < 4.78 is 46.0. The van der Waals surface area contributed by atoms with Crippen LogP contribution in [0.4, 0.5) is 0 Å². The summed E-state index contributed by atoms with van der Waals surface area (Å²) in [5.74, 6) is -2.22. The molecule has 2 amide bonds. The molecule has 14 nitrogen and oxygen atoms in total. The number of rotatable bonds is 16. The molecule has 0 spiro atoms. The van der Waals surface area contributed by atoms with E-state index in [-0.39, 0.29) is 37.5 Å². The number of hydrogen-bond donors (Lipinski definition) is 4. The molecule has 4 N–H and O–H groups in total. The average Bonchev–Trinajstić information content (AvgIpc) is 3.56. The number of nitrogens with zero attached hydrogens (tertiary/aromatic N) is 1. The summed E-state index contributed by atoms with van der Waals surface area (Å²) in [6, 6.07) is 4.84. The number of amides is 2. The summed E-state index contributed by atoms with van der Waals surface area (Å²) in [4.78, 5) is 41.0. The highest BCUT2D eigenvalue weighted by atomic mass is 32.2. The van der Waals surface area contributed by atoms with Crippen LogP contribution >= 0.6 is 0 Å². The van der Waals surface area contributed by atoms with Crippen molar-refractivity contribution >= 4 is 33.7 Å². The van der Waals surface area contributed by atoms with E-state index in [1.165, 1.54) is 51.4 Å². The lowest BCUT2D eigenvalue weighted by atomic mass is 10.1. The highest BCUT2D eigenvalue weighted by molar-refractivity contribution is 7.91. The molecule has 0 aromatic heterocycles. The summed E-state index contributed by atoms with van der Waals surface area (Å²) in [6.07, 6.45) is 1.86. The van der Waals surface area contributed by atoms with E-state index in [2.05, 4.69) is 5.32 Å². The lowest BCUT2D eigenvalue weighted by molar-refractivity contribution is -0.153. The fourth-order valence-electron chi connectivity index (χ4n) is 5.04. The average molecular weight is 679 g/mol. The van der Waals surface area contributed by atoms with Crippen molar-refractivity contribution in [1.29, 1.82) is 0 Å². The number of aliphatic hydroxyl groups is 1. The van der Waals surface area contributed by atoms with E-state index in [0.717, 1.165) is 0 Å². The minimum atomic E-state index is -3.53. The number of methoxy groups -OCH3 is 3. The molecule has 1 saturated heterocycles. The molecule has 15 heteroatoms. The predicted molar refractivity (Wildman–Crippen MR) is 171 cm³/mol. The molecule has 0 aliphatic carbocycles. The Morgan fingerprint density at radius 1 is 1.02 bits per heavy atom. The van der Waals surface area contributed by atoms with Gasteiger partial charge in [-0.05, 0) is 49.1 Å². The molecule has 47 heavy (non-hydrogen) atoms. The topological polar surface area (TPSA) is 198 Å². The van der Waals surface area contributed by atoms with Crippen LogP contribution in [-0.4, -0.2) is 111 Å². The zero-order valence-electron chi connectivity index (χ0n) is 26.8. The Kier molecular flexibility index (Phi) is 13.3. The number of carbonyl (C=O) groups excluding carboxylic acids is 3. The number of aliphatic hydroxyl groups excluding tert-OH is 1. The molecular formula is C32H42N2O12S.